The highest BCUT2D eigenvalue weighted by atomic mass is 16.6. The first-order valence-corrected chi connectivity index (χ1v) is 5.45. The summed E-state index contributed by atoms with van der Waals surface area (Å²) in [5.74, 6) is 0.415. The van der Waals surface area contributed by atoms with Crippen LogP contribution in [0.5, 0.6) is 5.75 Å². The smallest absolute Gasteiger partial charge is 0.314 e. The summed E-state index contributed by atoms with van der Waals surface area (Å²) in [7, 11) is 0. The van der Waals surface area contributed by atoms with Gasteiger partial charge in [-0.1, -0.05) is 25.5 Å². The van der Waals surface area contributed by atoms with E-state index < -0.39 is 0 Å². The van der Waals surface area contributed by atoms with Gasteiger partial charge in [-0.2, -0.15) is 0 Å². The third kappa shape index (κ3) is 2.72. The van der Waals surface area contributed by atoms with Gasteiger partial charge < -0.3 is 4.74 Å². The highest BCUT2D eigenvalue weighted by Gasteiger charge is 2.20. The number of hydrogen-bond donors (Lipinski definition) is 0. The molecule has 0 fully saturated rings. The average molecular weight is 223 g/mol. The van der Waals surface area contributed by atoms with Crippen LogP contribution in [-0.4, -0.2) is 11.5 Å². The van der Waals surface area contributed by atoms with E-state index in [0.29, 0.717) is 17.9 Å². The fourth-order valence-electron chi connectivity index (χ4n) is 1.50. The summed E-state index contributed by atoms with van der Waals surface area (Å²) in [6.45, 7) is 6.14. The number of rotatable bonds is 5. The van der Waals surface area contributed by atoms with E-state index in [2.05, 4.69) is 6.92 Å². The summed E-state index contributed by atoms with van der Waals surface area (Å²) in [6, 6.07) is 3.60. The predicted octanol–water partition coefficient (Wildman–Crippen LogP) is 3.39. The zero-order valence-electron chi connectivity index (χ0n) is 9.95. The molecule has 0 saturated carbocycles. The van der Waals surface area contributed by atoms with E-state index in [1.807, 2.05) is 13.0 Å². The molecule has 16 heavy (non-hydrogen) atoms. The van der Waals surface area contributed by atoms with Crippen LogP contribution in [0.3, 0.4) is 0 Å². The van der Waals surface area contributed by atoms with Crippen molar-refractivity contribution >= 4 is 5.69 Å². The first-order valence-electron chi connectivity index (χ1n) is 5.45. The SMILES string of the molecule is CCCCOc1c(C)ccc(C)c1[N+](=O)[O-]. The van der Waals surface area contributed by atoms with Gasteiger partial charge in [0, 0.05) is 5.56 Å². The number of nitro groups is 1. The average Bonchev–Trinajstić information content (AvgIpc) is 2.23. The van der Waals surface area contributed by atoms with Crippen molar-refractivity contribution in [2.45, 2.75) is 33.6 Å². The maximum absolute atomic E-state index is 11.0. The largest absolute Gasteiger partial charge is 0.487 e. The van der Waals surface area contributed by atoms with E-state index in [1.54, 1.807) is 13.0 Å². The van der Waals surface area contributed by atoms with Crippen LogP contribution in [-0.2, 0) is 0 Å². The number of benzene rings is 1. The second-order valence-electron chi connectivity index (χ2n) is 3.84. The quantitative estimate of drug-likeness (QED) is 0.436. The van der Waals surface area contributed by atoms with E-state index in [9.17, 15) is 10.1 Å². The lowest BCUT2D eigenvalue weighted by Crippen LogP contribution is -2.03. The third-order valence-electron chi connectivity index (χ3n) is 2.46. The lowest BCUT2D eigenvalue weighted by molar-refractivity contribution is -0.386. The second-order valence-corrected chi connectivity index (χ2v) is 3.84. The number of nitro benzene ring substituents is 1. The standard InChI is InChI=1S/C12H17NO3/c1-4-5-8-16-12-10(3)7-6-9(2)11(12)13(14)15/h6-7H,4-5,8H2,1-3H3. The molecule has 1 aromatic carbocycles. The molecule has 4 nitrogen and oxygen atoms in total. The van der Waals surface area contributed by atoms with Crippen LogP contribution < -0.4 is 4.74 Å². The molecule has 88 valence electrons. The van der Waals surface area contributed by atoms with Gasteiger partial charge in [0.1, 0.15) is 0 Å². The molecule has 0 unspecified atom stereocenters. The summed E-state index contributed by atoms with van der Waals surface area (Å²) >= 11 is 0. The zero-order chi connectivity index (χ0) is 12.1. The fraction of sp³-hybridized carbons (Fsp3) is 0.500. The summed E-state index contributed by atoms with van der Waals surface area (Å²) in [4.78, 5) is 10.6. The third-order valence-corrected chi connectivity index (χ3v) is 2.46. The van der Waals surface area contributed by atoms with Gasteiger partial charge in [-0.15, -0.1) is 0 Å². The Morgan fingerprint density at radius 3 is 2.50 bits per heavy atom. The number of aryl methyl sites for hydroxylation is 2. The summed E-state index contributed by atoms with van der Waals surface area (Å²) in [6.07, 6.45) is 1.92. The van der Waals surface area contributed by atoms with Crippen LogP contribution in [0.15, 0.2) is 12.1 Å². The Kier molecular flexibility index (Phi) is 4.28. The molecule has 0 aliphatic heterocycles. The number of nitrogens with zero attached hydrogens (tertiary/aromatic N) is 1. The minimum atomic E-state index is -0.371. The Bertz CT molecular complexity index is 388. The van der Waals surface area contributed by atoms with Gasteiger partial charge >= 0.3 is 5.69 Å². The molecule has 1 rings (SSSR count). The number of unbranched alkanes of at least 4 members (excludes halogenated alkanes) is 1. The molecule has 1 aromatic rings. The lowest BCUT2D eigenvalue weighted by atomic mass is 10.1. The van der Waals surface area contributed by atoms with Gasteiger partial charge in [0.15, 0.2) is 5.75 Å². The Morgan fingerprint density at radius 2 is 1.94 bits per heavy atom. The van der Waals surface area contributed by atoms with Gasteiger partial charge in [0.2, 0.25) is 0 Å². The van der Waals surface area contributed by atoms with Crippen molar-refractivity contribution in [2.24, 2.45) is 0 Å². The monoisotopic (exact) mass is 223 g/mol. The normalized spacial score (nSPS) is 10.2. The van der Waals surface area contributed by atoms with Crippen molar-refractivity contribution in [3.05, 3.63) is 33.4 Å². The minimum absolute atomic E-state index is 0.0936. The summed E-state index contributed by atoms with van der Waals surface area (Å²) in [5.41, 5.74) is 1.55. The first kappa shape index (κ1) is 12.5. The molecule has 0 aromatic heterocycles. The Balaban J connectivity index is 3.03. The van der Waals surface area contributed by atoms with Gasteiger partial charge in [0.25, 0.3) is 0 Å². The molecule has 0 atom stereocenters. The molecule has 4 heteroatoms. The molecule has 0 aliphatic rings. The summed E-state index contributed by atoms with van der Waals surface area (Å²) < 4.78 is 5.51. The molecule has 0 N–H and O–H groups in total. The van der Waals surface area contributed by atoms with Crippen LogP contribution in [0.25, 0.3) is 0 Å². The van der Waals surface area contributed by atoms with E-state index in [0.717, 1.165) is 18.4 Å². The molecule has 0 aliphatic carbocycles. The van der Waals surface area contributed by atoms with Crippen molar-refractivity contribution in [3.8, 4) is 5.75 Å². The predicted molar refractivity (Wildman–Crippen MR) is 63.0 cm³/mol. The Labute approximate surface area is 95.4 Å². The van der Waals surface area contributed by atoms with E-state index in [1.165, 1.54) is 0 Å². The minimum Gasteiger partial charge on any atom is -0.487 e. The second kappa shape index (κ2) is 5.49. The molecule has 0 saturated heterocycles. The van der Waals surface area contributed by atoms with Crippen LogP contribution >= 0.6 is 0 Å². The van der Waals surface area contributed by atoms with E-state index in [-0.39, 0.29) is 10.6 Å². The van der Waals surface area contributed by atoms with Crippen molar-refractivity contribution in [2.75, 3.05) is 6.61 Å². The van der Waals surface area contributed by atoms with Crippen LogP contribution in [0, 0.1) is 24.0 Å². The van der Waals surface area contributed by atoms with Gasteiger partial charge in [-0.05, 0) is 25.8 Å². The van der Waals surface area contributed by atoms with Gasteiger partial charge in [-0.3, -0.25) is 10.1 Å². The Morgan fingerprint density at radius 1 is 1.31 bits per heavy atom. The highest BCUT2D eigenvalue weighted by molar-refractivity contribution is 5.56. The van der Waals surface area contributed by atoms with Crippen LogP contribution in [0.1, 0.15) is 30.9 Å². The van der Waals surface area contributed by atoms with Crippen molar-refractivity contribution < 1.29 is 9.66 Å². The zero-order valence-corrected chi connectivity index (χ0v) is 9.95. The van der Waals surface area contributed by atoms with Gasteiger partial charge in [-0.25, -0.2) is 0 Å². The number of ether oxygens (including phenoxy) is 1. The molecular weight excluding hydrogens is 206 g/mol. The van der Waals surface area contributed by atoms with Crippen molar-refractivity contribution in [3.63, 3.8) is 0 Å². The van der Waals surface area contributed by atoms with Gasteiger partial charge in [0.05, 0.1) is 11.5 Å². The molecule has 0 radical (unpaired) electrons. The maximum Gasteiger partial charge on any atom is 0.314 e. The van der Waals surface area contributed by atoms with E-state index >= 15 is 0 Å². The summed E-state index contributed by atoms with van der Waals surface area (Å²) in [5, 5.41) is 11.0. The van der Waals surface area contributed by atoms with Crippen molar-refractivity contribution in [1.29, 1.82) is 0 Å². The number of hydrogen-bond acceptors (Lipinski definition) is 3. The first-order chi connectivity index (χ1) is 7.57. The maximum atomic E-state index is 11.0. The van der Waals surface area contributed by atoms with E-state index in [4.69, 9.17) is 4.74 Å². The van der Waals surface area contributed by atoms with Crippen LogP contribution in [0.2, 0.25) is 0 Å². The molecule has 0 spiro atoms. The lowest BCUT2D eigenvalue weighted by Gasteiger charge is -2.10. The molecule has 0 amide bonds. The fourth-order valence-corrected chi connectivity index (χ4v) is 1.50. The van der Waals surface area contributed by atoms with Crippen LogP contribution in [0.4, 0.5) is 5.69 Å². The highest BCUT2D eigenvalue weighted by Crippen LogP contribution is 2.33. The van der Waals surface area contributed by atoms with Crippen molar-refractivity contribution in [1.82, 2.24) is 0 Å². The molecule has 0 heterocycles. The Hall–Kier alpha value is -1.58. The molecular formula is C12H17NO3. The topological polar surface area (TPSA) is 52.4 Å². The molecule has 0 bridgehead atoms.